The van der Waals surface area contributed by atoms with E-state index in [1.165, 1.54) is 5.56 Å². The van der Waals surface area contributed by atoms with Gasteiger partial charge in [-0.25, -0.2) is 4.98 Å². The zero-order valence-electron chi connectivity index (χ0n) is 15.6. The number of carbonyl (C=O) groups is 1. The van der Waals surface area contributed by atoms with Gasteiger partial charge in [-0.05, 0) is 53.6 Å². The van der Waals surface area contributed by atoms with Gasteiger partial charge in [-0.2, -0.15) is 0 Å². The fourth-order valence-corrected chi connectivity index (χ4v) is 4.13. The number of Topliss-reactive ketones (excluding diaryl/α,β-unsaturated/α-hetero) is 1. The highest BCUT2D eigenvalue weighted by atomic mass is 32.2. The third kappa shape index (κ3) is 3.04. The molecular formula is C23H21NO2S. The molecule has 3 nitrogen and oxygen atoms in total. The van der Waals surface area contributed by atoms with E-state index in [9.17, 15) is 9.90 Å². The second-order valence-electron chi connectivity index (χ2n) is 7.00. The van der Waals surface area contributed by atoms with Gasteiger partial charge in [-0.1, -0.05) is 32.9 Å². The lowest BCUT2D eigenvalue weighted by Gasteiger charge is -2.08. The molecule has 0 amide bonds. The van der Waals surface area contributed by atoms with Gasteiger partial charge >= 0.3 is 0 Å². The summed E-state index contributed by atoms with van der Waals surface area (Å²) in [5, 5.41) is 11.7. The van der Waals surface area contributed by atoms with E-state index in [2.05, 4.69) is 37.9 Å². The molecule has 0 radical (unpaired) electrons. The summed E-state index contributed by atoms with van der Waals surface area (Å²) in [6.07, 6.45) is 0. The van der Waals surface area contributed by atoms with Crippen LogP contribution in [0.3, 0.4) is 0 Å². The van der Waals surface area contributed by atoms with Crippen LogP contribution >= 0.6 is 11.8 Å². The van der Waals surface area contributed by atoms with E-state index in [0.717, 1.165) is 21.6 Å². The van der Waals surface area contributed by atoms with Gasteiger partial charge in [0, 0.05) is 21.4 Å². The molecule has 0 aliphatic heterocycles. The van der Waals surface area contributed by atoms with Crippen LogP contribution in [0.4, 0.5) is 0 Å². The summed E-state index contributed by atoms with van der Waals surface area (Å²) < 4.78 is 0. The first kappa shape index (κ1) is 17.8. The maximum atomic E-state index is 13.0. The SMILES string of the molecule is CCSc1ccc2c(c1)C(=O)C(c1ccc3cc(C(C)C)ccc3n1)=C2O. The van der Waals surface area contributed by atoms with Crippen molar-refractivity contribution in [3.8, 4) is 0 Å². The van der Waals surface area contributed by atoms with E-state index in [1.54, 1.807) is 11.8 Å². The number of allylic oxidation sites excluding steroid dienone is 1. The van der Waals surface area contributed by atoms with Crippen LogP contribution in [-0.2, 0) is 0 Å². The number of pyridine rings is 1. The topological polar surface area (TPSA) is 50.2 Å². The van der Waals surface area contributed by atoms with Crippen molar-refractivity contribution in [2.24, 2.45) is 0 Å². The van der Waals surface area contributed by atoms with Crippen LogP contribution in [0.2, 0.25) is 0 Å². The minimum Gasteiger partial charge on any atom is -0.506 e. The van der Waals surface area contributed by atoms with Crippen molar-refractivity contribution in [2.75, 3.05) is 5.75 Å². The van der Waals surface area contributed by atoms with Crippen LogP contribution in [0.5, 0.6) is 0 Å². The first-order valence-electron chi connectivity index (χ1n) is 9.15. The number of aliphatic hydroxyl groups excluding tert-OH is 1. The fourth-order valence-electron chi connectivity index (χ4n) is 3.43. The molecule has 1 heterocycles. The maximum Gasteiger partial charge on any atom is 0.199 e. The summed E-state index contributed by atoms with van der Waals surface area (Å²) >= 11 is 1.68. The Bertz CT molecular complexity index is 1100. The Morgan fingerprint density at radius 3 is 2.59 bits per heavy atom. The Morgan fingerprint density at radius 2 is 1.85 bits per heavy atom. The molecule has 2 aromatic carbocycles. The Morgan fingerprint density at radius 1 is 1.04 bits per heavy atom. The van der Waals surface area contributed by atoms with Gasteiger partial charge in [0.2, 0.25) is 0 Å². The van der Waals surface area contributed by atoms with Crippen molar-refractivity contribution in [1.29, 1.82) is 0 Å². The number of benzene rings is 2. The van der Waals surface area contributed by atoms with E-state index in [-0.39, 0.29) is 11.5 Å². The van der Waals surface area contributed by atoms with Crippen LogP contribution in [0.25, 0.3) is 22.2 Å². The molecule has 0 unspecified atom stereocenters. The predicted octanol–water partition coefficient (Wildman–Crippen LogP) is 6.09. The van der Waals surface area contributed by atoms with E-state index in [1.807, 2.05) is 36.4 Å². The third-order valence-electron chi connectivity index (χ3n) is 4.90. The monoisotopic (exact) mass is 375 g/mol. The standard InChI is InChI=1S/C23H21NO2S/c1-4-27-16-7-8-17-18(12-16)23(26)21(22(17)25)20-10-6-15-11-14(13(2)3)5-9-19(15)24-20/h5-13,25H,4H2,1-3H3. The van der Waals surface area contributed by atoms with E-state index in [0.29, 0.717) is 28.3 Å². The molecule has 0 spiro atoms. The van der Waals surface area contributed by atoms with Crippen molar-refractivity contribution < 1.29 is 9.90 Å². The van der Waals surface area contributed by atoms with Gasteiger partial charge in [-0.15, -0.1) is 11.8 Å². The molecule has 27 heavy (non-hydrogen) atoms. The number of nitrogens with zero attached hydrogens (tertiary/aromatic N) is 1. The number of ketones is 1. The molecular weight excluding hydrogens is 354 g/mol. The minimum atomic E-state index is -0.160. The lowest BCUT2D eigenvalue weighted by atomic mass is 10.00. The molecule has 1 aromatic heterocycles. The van der Waals surface area contributed by atoms with Crippen molar-refractivity contribution in [3.63, 3.8) is 0 Å². The van der Waals surface area contributed by atoms with Crippen LogP contribution in [-0.4, -0.2) is 21.6 Å². The lowest BCUT2D eigenvalue weighted by Crippen LogP contribution is -2.01. The van der Waals surface area contributed by atoms with E-state index in [4.69, 9.17) is 0 Å². The molecule has 0 fully saturated rings. The maximum absolute atomic E-state index is 13.0. The Kier molecular flexibility index (Phi) is 4.52. The lowest BCUT2D eigenvalue weighted by molar-refractivity contribution is 0.105. The smallest absolute Gasteiger partial charge is 0.199 e. The molecule has 0 atom stereocenters. The minimum absolute atomic E-state index is 0.0219. The summed E-state index contributed by atoms with van der Waals surface area (Å²) in [4.78, 5) is 18.7. The third-order valence-corrected chi connectivity index (χ3v) is 5.78. The quantitative estimate of drug-likeness (QED) is 0.560. The number of aliphatic hydroxyl groups is 1. The summed E-state index contributed by atoms with van der Waals surface area (Å²) in [5.74, 6) is 1.24. The predicted molar refractivity (Wildman–Crippen MR) is 112 cm³/mol. The number of carbonyl (C=O) groups excluding carboxylic acids is 1. The number of hydrogen-bond donors (Lipinski definition) is 1. The molecule has 1 aliphatic carbocycles. The largest absolute Gasteiger partial charge is 0.506 e. The second-order valence-corrected chi connectivity index (χ2v) is 8.33. The van der Waals surface area contributed by atoms with E-state index >= 15 is 0 Å². The molecule has 4 rings (SSSR count). The normalized spacial score (nSPS) is 13.7. The number of thioether (sulfide) groups is 1. The molecule has 1 N–H and O–H groups in total. The van der Waals surface area contributed by atoms with Gasteiger partial charge < -0.3 is 5.11 Å². The first-order chi connectivity index (χ1) is 13.0. The Balaban J connectivity index is 1.77. The van der Waals surface area contributed by atoms with Crippen LogP contribution in [0.15, 0.2) is 53.4 Å². The average Bonchev–Trinajstić information content (AvgIpc) is 2.91. The van der Waals surface area contributed by atoms with Gasteiger partial charge in [0.05, 0.1) is 16.8 Å². The molecule has 136 valence electrons. The van der Waals surface area contributed by atoms with Gasteiger partial charge in [0.25, 0.3) is 0 Å². The number of fused-ring (bicyclic) bond motifs is 2. The van der Waals surface area contributed by atoms with Crippen molar-refractivity contribution in [1.82, 2.24) is 4.98 Å². The van der Waals surface area contributed by atoms with Gasteiger partial charge in [-0.3, -0.25) is 4.79 Å². The number of hydrogen-bond acceptors (Lipinski definition) is 4. The summed E-state index contributed by atoms with van der Waals surface area (Å²) in [6.45, 7) is 6.39. The van der Waals surface area contributed by atoms with E-state index < -0.39 is 0 Å². The fraction of sp³-hybridized carbons (Fsp3) is 0.217. The zero-order chi connectivity index (χ0) is 19.1. The van der Waals surface area contributed by atoms with Crippen molar-refractivity contribution >= 4 is 39.8 Å². The second kappa shape index (κ2) is 6.86. The van der Waals surface area contributed by atoms with Crippen LogP contribution < -0.4 is 0 Å². The van der Waals surface area contributed by atoms with Gasteiger partial charge in [0.15, 0.2) is 5.78 Å². The highest BCUT2D eigenvalue weighted by Gasteiger charge is 2.31. The average molecular weight is 375 g/mol. The Hall–Kier alpha value is -2.59. The van der Waals surface area contributed by atoms with Crippen molar-refractivity contribution in [3.05, 3.63) is 70.9 Å². The summed E-state index contributed by atoms with van der Waals surface area (Å²) in [7, 11) is 0. The zero-order valence-corrected chi connectivity index (χ0v) is 16.4. The first-order valence-corrected chi connectivity index (χ1v) is 10.1. The molecule has 3 aromatic rings. The van der Waals surface area contributed by atoms with Crippen LogP contribution in [0, 0.1) is 0 Å². The molecule has 0 saturated carbocycles. The molecule has 1 aliphatic rings. The van der Waals surface area contributed by atoms with Crippen LogP contribution in [0.1, 0.15) is 53.9 Å². The Labute approximate surface area is 163 Å². The summed E-state index contributed by atoms with van der Waals surface area (Å²) in [6, 6.07) is 15.6. The van der Waals surface area contributed by atoms with Gasteiger partial charge in [0.1, 0.15) is 5.76 Å². The highest BCUT2D eigenvalue weighted by Crippen LogP contribution is 2.38. The van der Waals surface area contributed by atoms with Crippen molar-refractivity contribution in [2.45, 2.75) is 31.6 Å². The molecule has 0 bridgehead atoms. The summed E-state index contributed by atoms with van der Waals surface area (Å²) in [5.41, 5.74) is 4.03. The highest BCUT2D eigenvalue weighted by molar-refractivity contribution is 7.99. The molecule has 4 heteroatoms. The molecule has 0 saturated heterocycles. The number of rotatable bonds is 4. The number of aromatic nitrogens is 1.